The van der Waals surface area contributed by atoms with Crippen molar-refractivity contribution in [1.29, 1.82) is 0 Å². The number of thioether (sulfide) groups is 1. The second-order valence-corrected chi connectivity index (χ2v) is 8.60. The fourth-order valence-corrected chi connectivity index (χ4v) is 4.62. The highest BCUT2D eigenvalue weighted by Gasteiger charge is 2.44. The van der Waals surface area contributed by atoms with E-state index in [0.29, 0.717) is 12.2 Å². The largest absolute Gasteiger partial charge is 0.477 e. The molecule has 6 nitrogen and oxygen atoms in total. The van der Waals surface area contributed by atoms with Gasteiger partial charge in [-0.25, -0.2) is 0 Å². The third-order valence-corrected chi connectivity index (χ3v) is 6.65. The Morgan fingerprint density at radius 2 is 1.52 bits per heavy atom. The number of aliphatic hydroxyl groups is 5. The van der Waals surface area contributed by atoms with Crippen LogP contribution in [0.3, 0.4) is 0 Å². The molecule has 7 heteroatoms. The van der Waals surface area contributed by atoms with Crippen LogP contribution in [0.15, 0.2) is 42.5 Å². The molecule has 0 saturated carbocycles. The minimum atomic E-state index is -1.40. The summed E-state index contributed by atoms with van der Waals surface area (Å²) in [4.78, 5) is 0. The minimum absolute atomic E-state index is 0.0969. The quantitative estimate of drug-likeness (QED) is 0.458. The van der Waals surface area contributed by atoms with E-state index in [0.717, 1.165) is 34.9 Å². The summed E-state index contributed by atoms with van der Waals surface area (Å²) in [5.74, 6) is 0.526. The lowest BCUT2D eigenvalue weighted by Crippen LogP contribution is -2.55. The van der Waals surface area contributed by atoms with Crippen LogP contribution < -0.4 is 4.74 Å². The molecule has 1 fully saturated rings. The van der Waals surface area contributed by atoms with Crippen molar-refractivity contribution in [2.24, 2.45) is 0 Å². The van der Waals surface area contributed by atoms with E-state index in [2.05, 4.69) is 31.2 Å². The average Bonchev–Trinajstić information content (AvgIpc) is 2.75. The van der Waals surface area contributed by atoms with Crippen LogP contribution in [0.25, 0.3) is 0 Å². The van der Waals surface area contributed by atoms with Crippen molar-refractivity contribution in [1.82, 2.24) is 0 Å². The lowest BCUT2D eigenvalue weighted by atomic mass is 10.00. The second kappa shape index (κ2) is 9.93. The van der Waals surface area contributed by atoms with Crippen LogP contribution in [0, 0.1) is 0 Å². The maximum Gasteiger partial charge on any atom is 0.173 e. The summed E-state index contributed by atoms with van der Waals surface area (Å²) in [5, 5.41) is 48.7. The van der Waals surface area contributed by atoms with Crippen molar-refractivity contribution in [2.45, 2.75) is 55.4 Å². The zero-order valence-electron chi connectivity index (χ0n) is 16.3. The molecule has 1 aliphatic heterocycles. The first-order chi connectivity index (χ1) is 14.0. The van der Waals surface area contributed by atoms with Gasteiger partial charge in [0.15, 0.2) is 5.44 Å². The molecular formula is C22H28O6S. The van der Waals surface area contributed by atoms with Crippen molar-refractivity contribution in [3.8, 4) is 5.75 Å². The summed E-state index contributed by atoms with van der Waals surface area (Å²) < 4.78 is 6.02. The highest BCUT2D eigenvalue weighted by Crippen LogP contribution is 2.36. The molecule has 3 rings (SSSR count). The van der Waals surface area contributed by atoms with E-state index in [4.69, 9.17) is 4.74 Å². The molecule has 0 bridgehead atoms. The van der Waals surface area contributed by atoms with E-state index in [1.807, 2.05) is 6.07 Å². The number of rotatable bonds is 7. The molecule has 2 aromatic rings. The highest BCUT2D eigenvalue weighted by atomic mass is 32.2. The fourth-order valence-electron chi connectivity index (χ4n) is 3.39. The van der Waals surface area contributed by atoms with E-state index in [9.17, 15) is 25.5 Å². The lowest BCUT2D eigenvalue weighted by molar-refractivity contribution is -0.0910. The SMILES string of the molecule is CCc1ccc(Cc2cc(CO)ccc2O[C@H]2S[C@@H](CO)[C@@H](O)[C@H](O)[C@H]2O)cc1. The zero-order valence-corrected chi connectivity index (χ0v) is 17.1. The van der Waals surface area contributed by atoms with Gasteiger partial charge in [-0.1, -0.05) is 37.3 Å². The first-order valence-electron chi connectivity index (χ1n) is 9.74. The standard InChI is InChI=1S/C22H28O6S/c1-2-13-3-5-14(6-4-13)9-16-10-15(11-23)7-8-17(16)28-22-21(27)20(26)19(25)18(12-24)29-22/h3-8,10,18-27H,2,9,11-12H2,1H3/t18-,19+,20-,21+,22-/m0/s1. The van der Waals surface area contributed by atoms with Gasteiger partial charge in [-0.3, -0.25) is 0 Å². The van der Waals surface area contributed by atoms with Gasteiger partial charge >= 0.3 is 0 Å². The van der Waals surface area contributed by atoms with Crippen molar-refractivity contribution in [3.63, 3.8) is 0 Å². The molecule has 1 aliphatic rings. The van der Waals surface area contributed by atoms with E-state index in [-0.39, 0.29) is 13.2 Å². The lowest BCUT2D eigenvalue weighted by Gasteiger charge is -2.39. The van der Waals surface area contributed by atoms with Crippen LogP contribution >= 0.6 is 11.8 Å². The Morgan fingerprint density at radius 1 is 0.862 bits per heavy atom. The number of hydrogen-bond acceptors (Lipinski definition) is 7. The van der Waals surface area contributed by atoms with E-state index in [1.54, 1.807) is 12.1 Å². The normalized spacial score (nSPS) is 27.0. The predicted molar refractivity (Wildman–Crippen MR) is 112 cm³/mol. The maximum atomic E-state index is 10.3. The van der Waals surface area contributed by atoms with E-state index < -0.39 is 29.0 Å². The third kappa shape index (κ3) is 5.12. The number of aliphatic hydroxyl groups excluding tert-OH is 5. The first-order valence-corrected chi connectivity index (χ1v) is 10.7. The van der Waals surface area contributed by atoms with Gasteiger partial charge in [0.05, 0.1) is 24.6 Å². The summed E-state index contributed by atoms with van der Waals surface area (Å²) in [7, 11) is 0. The highest BCUT2D eigenvalue weighted by molar-refractivity contribution is 8.00. The number of hydrogen-bond donors (Lipinski definition) is 5. The molecule has 158 valence electrons. The van der Waals surface area contributed by atoms with E-state index in [1.165, 1.54) is 5.56 Å². The molecule has 5 atom stereocenters. The molecule has 0 unspecified atom stereocenters. The summed E-state index contributed by atoms with van der Waals surface area (Å²) in [6.07, 6.45) is -2.39. The Balaban J connectivity index is 1.84. The predicted octanol–water partition coefficient (Wildman–Crippen LogP) is 1.23. The molecule has 1 heterocycles. The third-order valence-electron chi connectivity index (χ3n) is 5.22. The second-order valence-electron chi connectivity index (χ2n) is 7.26. The Morgan fingerprint density at radius 3 is 2.14 bits per heavy atom. The molecule has 0 amide bonds. The van der Waals surface area contributed by atoms with Gasteiger partial charge in [0, 0.05) is 6.42 Å². The van der Waals surface area contributed by atoms with Crippen molar-refractivity contribution >= 4 is 11.8 Å². The zero-order chi connectivity index (χ0) is 21.0. The van der Waals surface area contributed by atoms with Crippen molar-refractivity contribution < 1.29 is 30.3 Å². The fraction of sp³-hybridized carbons (Fsp3) is 0.455. The Hall–Kier alpha value is -1.61. The van der Waals surface area contributed by atoms with Gasteiger partial charge in [-0.2, -0.15) is 0 Å². The monoisotopic (exact) mass is 420 g/mol. The van der Waals surface area contributed by atoms with Gasteiger partial charge < -0.3 is 30.3 Å². The molecular weight excluding hydrogens is 392 g/mol. The van der Waals surface area contributed by atoms with Gasteiger partial charge in [0.2, 0.25) is 0 Å². The maximum absolute atomic E-state index is 10.3. The van der Waals surface area contributed by atoms with Gasteiger partial charge in [0.25, 0.3) is 0 Å². The van der Waals surface area contributed by atoms with Crippen molar-refractivity contribution in [3.05, 3.63) is 64.7 Å². The van der Waals surface area contributed by atoms with Crippen LogP contribution in [0.5, 0.6) is 5.75 Å². The molecule has 1 saturated heterocycles. The summed E-state index contributed by atoms with van der Waals surface area (Å²) >= 11 is 1.09. The van der Waals surface area contributed by atoms with Gasteiger partial charge in [-0.15, -0.1) is 11.8 Å². The Kier molecular flexibility index (Phi) is 7.56. The smallest absolute Gasteiger partial charge is 0.173 e. The molecule has 0 spiro atoms. The summed E-state index contributed by atoms with van der Waals surface area (Å²) in [6, 6.07) is 13.6. The summed E-state index contributed by atoms with van der Waals surface area (Å²) in [6.45, 7) is 1.67. The van der Waals surface area contributed by atoms with Crippen molar-refractivity contribution in [2.75, 3.05) is 6.61 Å². The minimum Gasteiger partial charge on any atom is -0.477 e. The molecule has 2 aromatic carbocycles. The number of aryl methyl sites for hydroxylation is 1. The Bertz CT molecular complexity index is 794. The molecule has 5 N–H and O–H groups in total. The molecule has 29 heavy (non-hydrogen) atoms. The van der Waals surface area contributed by atoms with Crippen LogP contribution in [0.4, 0.5) is 0 Å². The number of ether oxygens (including phenoxy) is 1. The van der Waals surface area contributed by atoms with Gasteiger partial charge in [-0.05, 0) is 40.8 Å². The molecule has 0 aliphatic carbocycles. The number of benzene rings is 2. The average molecular weight is 421 g/mol. The topological polar surface area (TPSA) is 110 Å². The van der Waals surface area contributed by atoms with Gasteiger partial charge in [0.1, 0.15) is 18.0 Å². The van der Waals surface area contributed by atoms with Crippen LogP contribution in [-0.4, -0.2) is 61.1 Å². The summed E-state index contributed by atoms with van der Waals surface area (Å²) in [5.41, 5.74) is 3.08. The molecule has 0 aromatic heterocycles. The Labute approximate surface area is 174 Å². The molecule has 0 radical (unpaired) electrons. The van der Waals surface area contributed by atoms with Crippen LogP contribution in [0.2, 0.25) is 0 Å². The first kappa shape index (κ1) is 22.1. The van der Waals surface area contributed by atoms with Crippen LogP contribution in [-0.2, 0) is 19.4 Å². The van der Waals surface area contributed by atoms with E-state index >= 15 is 0 Å². The van der Waals surface area contributed by atoms with Crippen LogP contribution in [0.1, 0.15) is 29.2 Å².